The van der Waals surface area contributed by atoms with Gasteiger partial charge in [-0.25, -0.2) is 4.99 Å². The fraction of sp³-hybridized carbons (Fsp3) is 0.400. The van der Waals surface area contributed by atoms with Crippen LogP contribution in [-0.2, 0) is 14.3 Å². The molecule has 0 aromatic heterocycles. The Labute approximate surface area is 127 Å². The number of hydrogen-bond acceptors (Lipinski definition) is 5. The molecule has 1 aromatic carbocycles. The molecular formula is C15H17N3O4. The number of nitrogens with zero attached hydrogens (tertiary/aromatic N) is 1. The largest absolute Gasteiger partial charge is 0.507 e. The van der Waals surface area contributed by atoms with Gasteiger partial charge in [0.25, 0.3) is 0 Å². The number of ether oxygens (including phenoxy) is 1. The van der Waals surface area contributed by atoms with Crippen molar-refractivity contribution >= 4 is 17.7 Å². The number of aromatic hydroxyl groups is 1. The van der Waals surface area contributed by atoms with E-state index in [1.807, 2.05) is 0 Å². The molecule has 2 heterocycles. The molecule has 0 unspecified atom stereocenters. The van der Waals surface area contributed by atoms with Crippen molar-refractivity contribution in [3.8, 4) is 5.75 Å². The van der Waals surface area contributed by atoms with Crippen LogP contribution in [0, 0.1) is 0 Å². The number of rotatable bonds is 3. The van der Waals surface area contributed by atoms with Crippen molar-refractivity contribution in [2.24, 2.45) is 4.99 Å². The Morgan fingerprint density at radius 2 is 2.23 bits per heavy atom. The number of para-hydroxylation sites is 1. The molecule has 2 atom stereocenters. The Bertz CT molecular complexity index is 629. The van der Waals surface area contributed by atoms with Crippen molar-refractivity contribution in [2.45, 2.75) is 24.9 Å². The van der Waals surface area contributed by atoms with Crippen LogP contribution in [-0.4, -0.2) is 48.1 Å². The maximum atomic E-state index is 12.2. The lowest BCUT2D eigenvalue weighted by molar-refractivity contribution is -0.130. The highest BCUT2D eigenvalue weighted by Crippen LogP contribution is 2.21. The van der Waals surface area contributed by atoms with Crippen molar-refractivity contribution in [2.75, 3.05) is 13.2 Å². The molecule has 0 aliphatic carbocycles. The van der Waals surface area contributed by atoms with Gasteiger partial charge in [0, 0.05) is 6.54 Å². The average molecular weight is 303 g/mol. The van der Waals surface area contributed by atoms with Crippen LogP contribution in [0.1, 0.15) is 18.4 Å². The minimum absolute atomic E-state index is 0.0500. The zero-order chi connectivity index (χ0) is 15.5. The molecule has 0 spiro atoms. The summed E-state index contributed by atoms with van der Waals surface area (Å²) < 4.78 is 5.40. The lowest BCUT2D eigenvalue weighted by atomic mass is 10.1. The zero-order valence-electron chi connectivity index (χ0n) is 11.9. The lowest BCUT2D eigenvalue weighted by Gasteiger charge is -2.23. The number of carbonyl (C=O) groups is 2. The van der Waals surface area contributed by atoms with Crippen LogP contribution < -0.4 is 10.6 Å². The molecule has 2 aliphatic rings. The molecule has 1 saturated heterocycles. The van der Waals surface area contributed by atoms with E-state index < -0.39 is 12.1 Å². The van der Waals surface area contributed by atoms with Crippen molar-refractivity contribution in [3.05, 3.63) is 29.8 Å². The first-order chi connectivity index (χ1) is 10.6. The normalized spacial score (nSPS) is 24.2. The van der Waals surface area contributed by atoms with E-state index in [0.29, 0.717) is 18.5 Å². The predicted octanol–water partition coefficient (Wildman–Crippen LogP) is -0.0676. The molecule has 116 valence electrons. The number of piperidine rings is 1. The molecule has 2 amide bonds. The molecule has 0 bridgehead atoms. The zero-order valence-corrected chi connectivity index (χ0v) is 11.9. The summed E-state index contributed by atoms with van der Waals surface area (Å²) in [6.45, 7) is 0.747. The first-order valence-electron chi connectivity index (χ1n) is 7.22. The Balaban J connectivity index is 1.67. The molecule has 7 heteroatoms. The van der Waals surface area contributed by atoms with Gasteiger partial charge in [0.05, 0.1) is 5.56 Å². The summed E-state index contributed by atoms with van der Waals surface area (Å²) >= 11 is 0. The van der Waals surface area contributed by atoms with Crippen LogP contribution >= 0.6 is 0 Å². The standard InChI is InChI=1S/C15H17N3O4/c19-12-6-2-1-4-9(12)15-18-11(8-22-15)14(21)17-10-5-3-7-16-13(10)20/h1-2,4,6,10-11,19H,3,5,7-8H2,(H,16,20)(H,17,21)/t10-,11+/m0/s1. The van der Waals surface area contributed by atoms with Gasteiger partial charge in [-0.15, -0.1) is 0 Å². The minimum Gasteiger partial charge on any atom is -0.507 e. The second-order valence-electron chi connectivity index (χ2n) is 5.27. The van der Waals surface area contributed by atoms with Gasteiger partial charge in [-0.05, 0) is 25.0 Å². The smallest absolute Gasteiger partial charge is 0.249 e. The molecule has 3 N–H and O–H groups in total. The van der Waals surface area contributed by atoms with E-state index in [1.54, 1.807) is 18.2 Å². The highest BCUT2D eigenvalue weighted by Gasteiger charge is 2.31. The van der Waals surface area contributed by atoms with E-state index in [2.05, 4.69) is 15.6 Å². The second-order valence-corrected chi connectivity index (χ2v) is 5.27. The molecule has 2 aliphatic heterocycles. The number of carbonyl (C=O) groups excluding carboxylic acids is 2. The number of aliphatic imine (C=N–C) groups is 1. The lowest BCUT2D eigenvalue weighted by Crippen LogP contribution is -2.52. The summed E-state index contributed by atoms with van der Waals surface area (Å²) in [6.07, 6.45) is 1.46. The molecule has 3 rings (SSSR count). The summed E-state index contributed by atoms with van der Waals surface area (Å²) in [5, 5.41) is 15.2. The molecule has 22 heavy (non-hydrogen) atoms. The first kappa shape index (κ1) is 14.4. The van der Waals surface area contributed by atoms with E-state index in [9.17, 15) is 14.7 Å². The SMILES string of the molecule is O=C1NCCC[C@@H]1NC(=O)[C@H]1COC(c2ccccc2O)=N1. The Morgan fingerprint density at radius 1 is 1.41 bits per heavy atom. The third-order valence-electron chi connectivity index (χ3n) is 3.69. The third kappa shape index (κ3) is 2.88. The Morgan fingerprint density at radius 3 is 3.00 bits per heavy atom. The number of nitrogens with one attached hydrogen (secondary N) is 2. The Hall–Kier alpha value is -2.57. The monoisotopic (exact) mass is 303 g/mol. The molecule has 0 saturated carbocycles. The van der Waals surface area contributed by atoms with E-state index in [4.69, 9.17) is 4.74 Å². The molecule has 7 nitrogen and oxygen atoms in total. The van der Waals surface area contributed by atoms with Crippen LogP contribution in [0.4, 0.5) is 0 Å². The number of amides is 2. The number of benzene rings is 1. The van der Waals surface area contributed by atoms with Crippen LogP contribution in [0.5, 0.6) is 5.75 Å². The van der Waals surface area contributed by atoms with Gasteiger partial charge in [-0.3, -0.25) is 9.59 Å². The molecular weight excluding hydrogens is 286 g/mol. The van der Waals surface area contributed by atoms with Gasteiger partial charge in [0.1, 0.15) is 18.4 Å². The highest BCUT2D eigenvalue weighted by molar-refractivity contribution is 6.00. The summed E-state index contributed by atoms with van der Waals surface area (Å²) in [6, 6.07) is 5.43. The summed E-state index contributed by atoms with van der Waals surface area (Å²) in [5.74, 6) is -0.212. The Kier molecular flexibility index (Phi) is 3.95. The number of hydrogen-bond donors (Lipinski definition) is 3. The van der Waals surface area contributed by atoms with Gasteiger partial charge in [-0.2, -0.15) is 0 Å². The fourth-order valence-electron chi connectivity index (χ4n) is 2.49. The summed E-state index contributed by atoms with van der Waals surface area (Å²) in [4.78, 5) is 28.0. The third-order valence-corrected chi connectivity index (χ3v) is 3.69. The van der Waals surface area contributed by atoms with Crippen LogP contribution in [0.15, 0.2) is 29.3 Å². The molecule has 1 aromatic rings. The highest BCUT2D eigenvalue weighted by atomic mass is 16.5. The predicted molar refractivity (Wildman–Crippen MR) is 78.6 cm³/mol. The molecule has 1 fully saturated rings. The van der Waals surface area contributed by atoms with Gasteiger partial charge in [0.2, 0.25) is 17.7 Å². The van der Waals surface area contributed by atoms with Gasteiger partial charge >= 0.3 is 0 Å². The van der Waals surface area contributed by atoms with Crippen molar-refractivity contribution in [1.82, 2.24) is 10.6 Å². The minimum atomic E-state index is -0.704. The van der Waals surface area contributed by atoms with Gasteiger partial charge in [-0.1, -0.05) is 12.1 Å². The van der Waals surface area contributed by atoms with Crippen molar-refractivity contribution < 1.29 is 19.4 Å². The van der Waals surface area contributed by atoms with Crippen LogP contribution in [0.2, 0.25) is 0 Å². The molecule has 0 radical (unpaired) electrons. The maximum absolute atomic E-state index is 12.2. The van der Waals surface area contributed by atoms with Crippen LogP contribution in [0.25, 0.3) is 0 Å². The van der Waals surface area contributed by atoms with E-state index in [0.717, 1.165) is 6.42 Å². The topological polar surface area (TPSA) is 100 Å². The van der Waals surface area contributed by atoms with E-state index >= 15 is 0 Å². The van der Waals surface area contributed by atoms with Crippen LogP contribution in [0.3, 0.4) is 0 Å². The number of phenolic OH excluding ortho intramolecular Hbond substituents is 1. The summed E-state index contributed by atoms with van der Waals surface area (Å²) in [7, 11) is 0. The van der Waals surface area contributed by atoms with E-state index in [1.165, 1.54) is 6.07 Å². The van der Waals surface area contributed by atoms with Crippen molar-refractivity contribution in [1.29, 1.82) is 0 Å². The first-order valence-corrected chi connectivity index (χ1v) is 7.22. The quantitative estimate of drug-likeness (QED) is 0.728. The van der Waals surface area contributed by atoms with Gasteiger partial charge in [0.15, 0.2) is 6.04 Å². The average Bonchev–Trinajstić information content (AvgIpc) is 3.00. The fourth-order valence-corrected chi connectivity index (χ4v) is 2.49. The summed E-state index contributed by atoms with van der Waals surface area (Å²) in [5.41, 5.74) is 0.452. The number of phenols is 1. The van der Waals surface area contributed by atoms with Gasteiger partial charge < -0.3 is 20.5 Å². The maximum Gasteiger partial charge on any atom is 0.249 e. The van der Waals surface area contributed by atoms with Crippen molar-refractivity contribution in [3.63, 3.8) is 0 Å². The second kappa shape index (κ2) is 6.05. The van der Waals surface area contributed by atoms with E-state index in [-0.39, 0.29) is 30.1 Å².